The molecule has 162 valence electrons. The summed E-state index contributed by atoms with van der Waals surface area (Å²) < 4.78 is 2.77. The lowest BCUT2D eigenvalue weighted by Crippen LogP contribution is -2.39. The van der Waals surface area contributed by atoms with E-state index in [2.05, 4.69) is 9.88 Å². The van der Waals surface area contributed by atoms with E-state index < -0.39 is 0 Å². The lowest BCUT2D eigenvalue weighted by Gasteiger charge is -2.24. The predicted molar refractivity (Wildman–Crippen MR) is 123 cm³/mol. The van der Waals surface area contributed by atoms with Gasteiger partial charge in [0.15, 0.2) is 0 Å². The average Bonchev–Trinajstić information content (AvgIpc) is 3.29. The summed E-state index contributed by atoms with van der Waals surface area (Å²) in [5, 5.41) is 0.463. The van der Waals surface area contributed by atoms with Crippen LogP contribution in [0.2, 0.25) is 0 Å². The van der Waals surface area contributed by atoms with Crippen molar-refractivity contribution in [2.45, 2.75) is 32.0 Å². The summed E-state index contributed by atoms with van der Waals surface area (Å²) in [5.41, 5.74) is 2.89. The molecule has 5 rings (SSSR count). The minimum absolute atomic E-state index is 0.150. The summed E-state index contributed by atoms with van der Waals surface area (Å²) in [6.45, 7) is 2.17. The van der Waals surface area contributed by atoms with Crippen molar-refractivity contribution < 1.29 is 0 Å². The zero-order valence-electron chi connectivity index (χ0n) is 18.0. The number of hydrogen-bond donors (Lipinski definition) is 0. The van der Waals surface area contributed by atoms with Gasteiger partial charge < -0.3 is 0 Å². The fourth-order valence-electron chi connectivity index (χ4n) is 4.54. The van der Waals surface area contributed by atoms with E-state index in [9.17, 15) is 9.59 Å². The summed E-state index contributed by atoms with van der Waals surface area (Å²) in [6, 6.07) is 17.8. The Kier molecular flexibility index (Phi) is 5.41. The molecule has 4 heterocycles. The third-order valence-corrected chi connectivity index (χ3v) is 6.23. The van der Waals surface area contributed by atoms with Gasteiger partial charge in [-0.25, -0.2) is 9.78 Å². The number of hydrogen-bond acceptors (Lipinski definition) is 5. The van der Waals surface area contributed by atoms with E-state index >= 15 is 0 Å². The van der Waals surface area contributed by atoms with Crippen molar-refractivity contribution in [1.29, 1.82) is 0 Å². The second-order valence-electron chi connectivity index (χ2n) is 8.31. The van der Waals surface area contributed by atoms with Gasteiger partial charge in [0.2, 0.25) is 0 Å². The van der Waals surface area contributed by atoms with Gasteiger partial charge in [0.1, 0.15) is 5.65 Å². The summed E-state index contributed by atoms with van der Waals surface area (Å²) in [4.78, 5) is 37.2. The van der Waals surface area contributed by atoms with Crippen LogP contribution >= 0.6 is 0 Å². The lowest BCUT2D eigenvalue weighted by atomic mass is 10.1. The van der Waals surface area contributed by atoms with Crippen molar-refractivity contribution in [2.75, 3.05) is 6.54 Å². The smallest absolute Gasteiger partial charge is 0.291 e. The molecule has 0 bridgehead atoms. The van der Waals surface area contributed by atoms with Gasteiger partial charge in [-0.1, -0.05) is 30.3 Å². The van der Waals surface area contributed by atoms with Crippen LogP contribution in [0.3, 0.4) is 0 Å². The molecule has 0 spiro atoms. The first-order chi connectivity index (χ1) is 15.6. The Balaban J connectivity index is 1.58. The maximum absolute atomic E-state index is 13.0. The highest BCUT2D eigenvalue weighted by Gasteiger charge is 2.28. The number of pyridine rings is 2. The normalized spacial score (nSPS) is 16.6. The molecule has 0 amide bonds. The van der Waals surface area contributed by atoms with Crippen LogP contribution in [-0.2, 0) is 20.1 Å². The molecule has 0 saturated carbocycles. The molecular weight excluding hydrogens is 402 g/mol. The SMILES string of the molecule is Cn1c(=O)c2ccc(C3CCCN3Cc3ccncc3)nc2n(Cc2ccccc2)c1=O. The molecule has 0 radical (unpaired) electrons. The van der Waals surface area contributed by atoms with Gasteiger partial charge in [-0.15, -0.1) is 0 Å². The quantitative estimate of drug-likeness (QED) is 0.490. The maximum Gasteiger partial charge on any atom is 0.332 e. The fourth-order valence-corrected chi connectivity index (χ4v) is 4.54. The van der Waals surface area contributed by atoms with Crippen LogP contribution in [-0.4, -0.2) is 30.5 Å². The van der Waals surface area contributed by atoms with Crippen LogP contribution in [0.1, 0.15) is 35.7 Å². The van der Waals surface area contributed by atoms with Crippen molar-refractivity contribution in [1.82, 2.24) is 24.0 Å². The lowest BCUT2D eigenvalue weighted by molar-refractivity contribution is 0.244. The molecule has 7 nitrogen and oxygen atoms in total. The minimum atomic E-state index is -0.351. The molecule has 0 aliphatic carbocycles. The number of nitrogens with zero attached hydrogens (tertiary/aromatic N) is 5. The van der Waals surface area contributed by atoms with Gasteiger partial charge >= 0.3 is 5.69 Å². The molecule has 32 heavy (non-hydrogen) atoms. The van der Waals surface area contributed by atoms with Crippen LogP contribution in [0.5, 0.6) is 0 Å². The highest BCUT2D eigenvalue weighted by atomic mass is 16.2. The third-order valence-electron chi connectivity index (χ3n) is 6.23. The predicted octanol–water partition coefficient (Wildman–Crippen LogP) is 2.88. The molecule has 1 aliphatic heterocycles. The number of aromatic nitrogens is 4. The first-order valence-corrected chi connectivity index (χ1v) is 10.9. The topological polar surface area (TPSA) is 73.0 Å². The molecule has 1 saturated heterocycles. The van der Waals surface area contributed by atoms with Gasteiger partial charge in [0.05, 0.1) is 23.7 Å². The molecule has 3 aromatic heterocycles. The van der Waals surface area contributed by atoms with E-state index in [1.165, 1.54) is 12.6 Å². The van der Waals surface area contributed by atoms with Crippen LogP contribution in [0.25, 0.3) is 11.0 Å². The van der Waals surface area contributed by atoms with Gasteiger partial charge in [-0.3, -0.25) is 23.8 Å². The maximum atomic E-state index is 13.0. The summed E-state index contributed by atoms with van der Waals surface area (Å²) in [6.07, 6.45) is 5.71. The van der Waals surface area contributed by atoms with Crippen molar-refractivity contribution in [3.63, 3.8) is 0 Å². The molecule has 1 atom stereocenters. The highest BCUT2D eigenvalue weighted by molar-refractivity contribution is 5.74. The monoisotopic (exact) mass is 427 g/mol. The van der Waals surface area contributed by atoms with Crippen LogP contribution in [0.15, 0.2) is 76.6 Å². The third kappa shape index (κ3) is 3.76. The first-order valence-electron chi connectivity index (χ1n) is 10.9. The van der Waals surface area contributed by atoms with Gasteiger partial charge in [-0.2, -0.15) is 0 Å². The van der Waals surface area contributed by atoms with Crippen molar-refractivity contribution in [3.05, 3.63) is 105 Å². The molecular formula is C25H25N5O2. The van der Waals surface area contributed by atoms with E-state index in [1.54, 1.807) is 4.57 Å². The Morgan fingerprint density at radius 2 is 1.69 bits per heavy atom. The minimum Gasteiger partial charge on any atom is -0.291 e. The molecule has 4 aromatic rings. The molecule has 1 fully saturated rings. The van der Waals surface area contributed by atoms with Gasteiger partial charge in [0, 0.05) is 26.0 Å². The van der Waals surface area contributed by atoms with E-state index in [1.807, 2.05) is 67.0 Å². The molecule has 1 aromatic carbocycles. The van der Waals surface area contributed by atoms with Crippen molar-refractivity contribution in [2.24, 2.45) is 7.05 Å². The Labute approximate surface area is 185 Å². The Morgan fingerprint density at radius 3 is 2.47 bits per heavy atom. The summed E-state index contributed by atoms with van der Waals surface area (Å²) >= 11 is 0. The number of fused-ring (bicyclic) bond motifs is 1. The summed E-state index contributed by atoms with van der Waals surface area (Å²) in [5.74, 6) is 0. The molecule has 1 aliphatic rings. The zero-order valence-corrected chi connectivity index (χ0v) is 18.0. The standard InChI is InChI=1S/C25H25N5O2/c1-28-24(31)20-9-10-21(22-8-5-15-29(22)16-19-11-13-26-14-12-19)27-23(20)30(25(28)32)17-18-6-3-2-4-7-18/h2-4,6-7,9-14,22H,5,8,15-17H2,1H3. The van der Waals surface area contributed by atoms with E-state index in [4.69, 9.17) is 4.98 Å². The highest BCUT2D eigenvalue weighted by Crippen LogP contribution is 2.32. The molecule has 7 heteroatoms. The van der Waals surface area contributed by atoms with Crippen molar-refractivity contribution in [3.8, 4) is 0 Å². The first kappa shape index (κ1) is 20.3. The van der Waals surface area contributed by atoms with Crippen LogP contribution in [0.4, 0.5) is 0 Å². The van der Waals surface area contributed by atoms with Crippen LogP contribution < -0.4 is 11.2 Å². The Bertz CT molecular complexity index is 1360. The van der Waals surface area contributed by atoms with Crippen LogP contribution in [0, 0.1) is 0 Å². The molecule has 0 N–H and O–H groups in total. The van der Waals surface area contributed by atoms with Gasteiger partial charge in [0.25, 0.3) is 5.56 Å². The molecule has 1 unspecified atom stereocenters. The second-order valence-corrected chi connectivity index (χ2v) is 8.31. The Morgan fingerprint density at radius 1 is 0.938 bits per heavy atom. The fraction of sp³-hybridized carbons (Fsp3) is 0.280. The van der Waals surface area contributed by atoms with E-state index in [0.29, 0.717) is 17.6 Å². The second kappa shape index (κ2) is 8.51. The van der Waals surface area contributed by atoms with E-state index in [-0.39, 0.29) is 17.3 Å². The largest absolute Gasteiger partial charge is 0.332 e. The number of benzene rings is 1. The zero-order chi connectivity index (χ0) is 22.1. The van der Waals surface area contributed by atoms with E-state index in [0.717, 1.165) is 41.8 Å². The van der Waals surface area contributed by atoms with Gasteiger partial charge in [-0.05, 0) is 54.8 Å². The number of rotatable bonds is 5. The van der Waals surface area contributed by atoms with Crippen molar-refractivity contribution >= 4 is 11.0 Å². The number of likely N-dealkylation sites (tertiary alicyclic amines) is 1. The summed E-state index contributed by atoms with van der Waals surface area (Å²) in [7, 11) is 1.52. The average molecular weight is 428 g/mol. The Hall–Kier alpha value is -3.58.